The average Bonchev–Trinajstić information content (AvgIpc) is 2.49. The maximum Gasteiger partial charge on any atom is 0.117 e. The highest BCUT2D eigenvalue weighted by Crippen LogP contribution is 2.35. The minimum absolute atomic E-state index is 0.145. The minimum atomic E-state index is 0.145. The Morgan fingerprint density at radius 2 is 2.00 bits per heavy atom. The van der Waals surface area contributed by atoms with Gasteiger partial charge in [-0.15, -0.1) is 0 Å². The van der Waals surface area contributed by atoms with Crippen LogP contribution in [-0.4, -0.2) is 12.1 Å². The Morgan fingerprint density at radius 3 is 2.36 bits per heavy atom. The van der Waals surface area contributed by atoms with Gasteiger partial charge in [0.15, 0.2) is 0 Å². The van der Waals surface area contributed by atoms with E-state index in [2.05, 4.69) is 34.6 Å². The lowest BCUT2D eigenvalue weighted by atomic mass is 9.83. The van der Waals surface area contributed by atoms with Crippen LogP contribution in [0.5, 0.6) is 0 Å². The van der Waals surface area contributed by atoms with Gasteiger partial charge in [0, 0.05) is 12.5 Å². The molecule has 1 heterocycles. The highest BCUT2D eigenvalue weighted by molar-refractivity contribution is 5.14. The van der Waals surface area contributed by atoms with Crippen LogP contribution in [0.2, 0.25) is 0 Å². The van der Waals surface area contributed by atoms with E-state index in [4.69, 9.17) is 10.5 Å². The van der Waals surface area contributed by atoms with Crippen molar-refractivity contribution in [2.24, 2.45) is 17.1 Å². The molecular formula is C12H23NO. The zero-order valence-electron chi connectivity index (χ0n) is 10.0. The van der Waals surface area contributed by atoms with Crippen LogP contribution in [0.25, 0.3) is 0 Å². The second-order valence-electron chi connectivity index (χ2n) is 5.59. The van der Waals surface area contributed by atoms with Crippen molar-refractivity contribution in [3.63, 3.8) is 0 Å². The summed E-state index contributed by atoms with van der Waals surface area (Å²) in [7, 11) is 0. The van der Waals surface area contributed by atoms with E-state index in [0.29, 0.717) is 5.92 Å². The molecule has 1 unspecified atom stereocenters. The molecule has 0 aromatic heterocycles. The molecule has 0 saturated heterocycles. The van der Waals surface area contributed by atoms with Crippen LogP contribution in [0, 0.1) is 11.3 Å². The molecule has 2 nitrogen and oxygen atoms in total. The predicted octanol–water partition coefficient (Wildman–Crippen LogP) is 2.69. The highest BCUT2D eigenvalue weighted by atomic mass is 16.5. The van der Waals surface area contributed by atoms with E-state index in [9.17, 15) is 0 Å². The fourth-order valence-electron chi connectivity index (χ4n) is 1.62. The first-order valence-electron chi connectivity index (χ1n) is 5.43. The topological polar surface area (TPSA) is 35.2 Å². The summed E-state index contributed by atoms with van der Waals surface area (Å²) in [5, 5.41) is 0. The molecule has 0 aliphatic carbocycles. The molecule has 1 rings (SSSR count). The van der Waals surface area contributed by atoms with E-state index < -0.39 is 0 Å². The first-order chi connectivity index (χ1) is 6.32. The minimum Gasteiger partial charge on any atom is -0.496 e. The molecular weight excluding hydrogens is 174 g/mol. The summed E-state index contributed by atoms with van der Waals surface area (Å²) in [5.41, 5.74) is 7.66. The fourth-order valence-corrected chi connectivity index (χ4v) is 1.62. The molecule has 0 saturated carbocycles. The number of rotatable bonds is 2. The van der Waals surface area contributed by atoms with Gasteiger partial charge in [0.05, 0.1) is 6.26 Å². The summed E-state index contributed by atoms with van der Waals surface area (Å²) < 4.78 is 5.63. The summed E-state index contributed by atoms with van der Waals surface area (Å²) >= 11 is 0. The lowest BCUT2D eigenvalue weighted by molar-refractivity contribution is 0.123. The molecule has 2 N–H and O–H groups in total. The molecule has 0 bridgehead atoms. The van der Waals surface area contributed by atoms with Crippen molar-refractivity contribution < 1.29 is 4.74 Å². The summed E-state index contributed by atoms with van der Waals surface area (Å²) in [6.45, 7) is 10.9. The molecule has 0 amide bonds. The van der Waals surface area contributed by atoms with Crippen molar-refractivity contribution in [2.45, 2.75) is 53.2 Å². The quantitative estimate of drug-likeness (QED) is 0.738. The summed E-state index contributed by atoms with van der Waals surface area (Å²) in [6, 6.07) is 0.145. The monoisotopic (exact) mass is 197 g/mol. The van der Waals surface area contributed by atoms with Crippen molar-refractivity contribution in [3.8, 4) is 0 Å². The molecule has 0 aromatic rings. The van der Waals surface area contributed by atoms with Gasteiger partial charge in [0.25, 0.3) is 0 Å². The van der Waals surface area contributed by atoms with Crippen molar-refractivity contribution in [1.29, 1.82) is 0 Å². The van der Waals surface area contributed by atoms with Gasteiger partial charge < -0.3 is 10.5 Å². The summed E-state index contributed by atoms with van der Waals surface area (Å²) in [5.74, 6) is 0.479. The van der Waals surface area contributed by atoms with E-state index in [1.165, 1.54) is 5.57 Å². The maximum atomic E-state index is 6.07. The Labute approximate surface area is 87.5 Å². The molecule has 0 radical (unpaired) electrons. The first-order valence-corrected chi connectivity index (χ1v) is 5.43. The average molecular weight is 197 g/mol. The third-order valence-electron chi connectivity index (χ3n) is 2.97. The second-order valence-corrected chi connectivity index (χ2v) is 5.59. The Kier molecular flexibility index (Phi) is 3.25. The molecule has 2 heteroatoms. The van der Waals surface area contributed by atoms with Gasteiger partial charge in [-0.1, -0.05) is 34.6 Å². The third kappa shape index (κ3) is 2.50. The van der Waals surface area contributed by atoms with Crippen LogP contribution in [0.4, 0.5) is 0 Å². The predicted molar refractivity (Wildman–Crippen MR) is 59.8 cm³/mol. The lowest BCUT2D eigenvalue weighted by Crippen LogP contribution is -2.39. The first kappa shape index (κ1) is 11.6. The second kappa shape index (κ2) is 3.93. The van der Waals surface area contributed by atoms with E-state index in [1.54, 1.807) is 0 Å². The molecule has 0 spiro atoms. The van der Waals surface area contributed by atoms with Crippen molar-refractivity contribution >= 4 is 0 Å². The van der Waals surface area contributed by atoms with Crippen molar-refractivity contribution in [2.75, 3.05) is 0 Å². The zero-order valence-corrected chi connectivity index (χ0v) is 10.0. The van der Waals surface area contributed by atoms with Gasteiger partial charge in [0.1, 0.15) is 6.10 Å². The number of hydrogen-bond donors (Lipinski definition) is 1. The SMILES string of the molecule is CC(C)[C@@H](N)C1CC(C(C)(C)C)=CO1. The standard InChI is InChI=1S/C12H23NO/c1-8(2)11(13)10-6-9(7-14-10)12(3,4)5/h7-8,10-11H,6,13H2,1-5H3/t10?,11-/m1/s1. The van der Waals surface area contributed by atoms with E-state index in [1.807, 2.05) is 6.26 Å². The molecule has 82 valence electrons. The van der Waals surface area contributed by atoms with E-state index >= 15 is 0 Å². The largest absolute Gasteiger partial charge is 0.496 e. The van der Waals surface area contributed by atoms with Crippen LogP contribution >= 0.6 is 0 Å². The summed E-state index contributed by atoms with van der Waals surface area (Å²) in [6.07, 6.45) is 3.08. The molecule has 1 aliphatic heterocycles. The molecule has 0 aromatic carbocycles. The normalized spacial score (nSPS) is 24.8. The highest BCUT2D eigenvalue weighted by Gasteiger charge is 2.31. The Bertz CT molecular complexity index is 225. The molecule has 0 fully saturated rings. The van der Waals surface area contributed by atoms with Crippen LogP contribution in [0.1, 0.15) is 41.0 Å². The number of hydrogen-bond acceptors (Lipinski definition) is 2. The van der Waals surface area contributed by atoms with Gasteiger partial charge in [-0.3, -0.25) is 0 Å². The maximum absolute atomic E-state index is 6.07. The Hall–Kier alpha value is -0.500. The zero-order chi connectivity index (χ0) is 10.9. The van der Waals surface area contributed by atoms with Gasteiger partial charge >= 0.3 is 0 Å². The van der Waals surface area contributed by atoms with Gasteiger partial charge in [0.2, 0.25) is 0 Å². The smallest absolute Gasteiger partial charge is 0.117 e. The van der Waals surface area contributed by atoms with Crippen LogP contribution in [-0.2, 0) is 4.74 Å². The van der Waals surface area contributed by atoms with Crippen LogP contribution in [0.15, 0.2) is 11.8 Å². The van der Waals surface area contributed by atoms with Gasteiger partial charge in [-0.2, -0.15) is 0 Å². The lowest BCUT2D eigenvalue weighted by Gasteiger charge is -2.24. The van der Waals surface area contributed by atoms with Crippen molar-refractivity contribution in [1.82, 2.24) is 0 Å². The molecule has 1 aliphatic rings. The van der Waals surface area contributed by atoms with E-state index in [-0.39, 0.29) is 17.6 Å². The van der Waals surface area contributed by atoms with Gasteiger partial charge in [-0.25, -0.2) is 0 Å². The number of ether oxygens (including phenoxy) is 1. The van der Waals surface area contributed by atoms with Gasteiger partial charge in [-0.05, 0) is 16.9 Å². The fraction of sp³-hybridized carbons (Fsp3) is 0.833. The van der Waals surface area contributed by atoms with E-state index in [0.717, 1.165) is 6.42 Å². The third-order valence-corrected chi connectivity index (χ3v) is 2.97. The van der Waals surface area contributed by atoms with Crippen LogP contribution < -0.4 is 5.73 Å². The van der Waals surface area contributed by atoms with Crippen molar-refractivity contribution in [3.05, 3.63) is 11.8 Å². The number of nitrogens with two attached hydrogens (primary N) is 1. The Balaban J connectivity index is 2.55. The molecule has 14 heavy (non-hydrogen) atoms. The summed E-state index contributed by atoms with van der Waals surface area (Å²) in [4.78, 5) is 0. The molecule has 2 atom stereocenters. The van der Waals surface area contributed by atoms with Crippen LogP contribution in [0.3, 0.4) is 0 Å². The Morgan fingerprint density at radius 1 is 1.43 bits per heavy atom.